The van der Waals surface area contributed by atoms with Crippen LogP contribution in [0.3, 0.4) is 0 Å². The molecular formula is C19H38N2. The van der Waals surface area contributed by atoms with Crippen molar-refractivity contribution in [2.45, 2.75) is 91.1 Å². The van der Waals surface area contributed by atoms with Gasteiger partial charge in [-0.25, -0.2) is 0 Å². The second-order valence-electron chi connectivity index (χ2n) is 8.50. The van der Waals surface area contributed by atoms with Gasteiger partial charge in [0.05, 0.1) is 0 Å². The lowest BCUT2D eigenvalue weighted by Gasteiger charge is -2.40. The van der Waals surface area contributed by atoms with Crippen molar-refractivity contribution in [1.82, 2.24) is 10.2 Å². The van der Waals surface area contributed by atoms with Crippen LogP contribution >= 0.6 is 0 Å². The Morgan fingerprint density at radius 3 is 2.10 bits per heavy atom. The zero-order valence-electron chi connectivity index (χ0n) is 15.0. The Balaban J connectivity index is 2.01. The summed E-state index contributed by atoms with van der Waals surface area (Å²) >= 11 is 0. The van der Waals surface area contributed by atoms with Crippen molar-refractivity contribution in [3.8, 4) is 0 Å². The first-order chi connectivity index (χ1) is 10.0. The van der Waals surface area contributed by atoms with Crippen LogP contribution in [-0.2, 0) is 0 Å². The van der Waals surface area contributed by atoms with Crippen LogP contribution < -0.4 is 5.32 Å². The molecule has 2 rings (SSSR count). The lowest BCUT2D eigenvalue weighted by Crippen LogP contribution is -2.47. The van der Waals surface area contributed by atoms with Crippen molar-refractivity contribution in [1.29, 1.82) is 0 Å². The topological polar surface area (TPSA) is 15.3 Å². The number of nitrogens with zero attached hydrogens (tertiary/aromatic N) is 1. The number of hydrogen-bond acceptors (Lipinski definition) is 2. The predicted octanol–water partition coefficient (Wildman–Crippen LogP) is 4.45. The lowest BCUT2D eigenvalue weighted by atomic mass is 9.79. The molecule has 0 radical (unpaired) electrons. The second kappa shape index (κ2) is 7.97. The second-order valence-corrected chi connectivity index (χ2v) is 8.50. The highest BCUT2D eigenvalue weighted by Crippen LogP contribution is 2.38. The molecule has 0 amide bonds. The summed E-state index contributed by atoms with van der Waals surface area (Å²) in [6.07, 6.45) is 11.6. The average molecular weight is 295 g/mol. The largest absolute Gasteiger partial charge is 0.314 e. The van der Waals surface area contributed by atoms with E-state index in [1.54, 1.807) is 0 Å². The van der Waals surface area contributed by atoms with E-state index < -0.39 is 0 Å². The van der Waals surface area contributed by atoms with Crippen LogP contribution in [0.25, 0.3) is 0 Å². The Hall–Kier alpha value is -0.0800. The van der Waals surface area contributed by atoms with Gasteiger partial charge in [0, 0.05) is 31.7 Å². The van der Waals surface area contributed by atoms with Gasteiger partial charge in [-0.3, -0.25) is 4.90 Å². The molecule has 0 heterocycles. The smallest absolute Gasteiger partial charge is 0.00967 e. The predicted molar refractivity (Wildman–Crippen MR) is 92.7 cm³/mol. The molecular weight excluding hydrogens is 256 g/mol. The normalized spacial score (nSPS) is 23.0. The van der Waals surface area contributed by atoms with Crippen LogP contribution in [0.15, 0.2) is 0 Å². The van der Waals surface area contributed by atoms with Crippen molar-refractivity contribution in [3.63, 3.8) is 0 Å². The molecule has 2 aliphatic carbocycles. The summed E-state index contributed by atoms with van der Waals surface area (Å²) in [7, 11) is 0. The van der Waals surface area contributed by atoms with Crippen molar-refractivity contribution in [2.24, 2.45) is 11.3 Å². The Kier molecular flexibility index (Phi) is 6.55. The van der Waals surface area contributed by atoms with Gasteiger partial charge in [-0.15, -0.1) is 0 Å². The first-order valence-corrected chi connectivity index (χ1v) is 9.48. The van der Waals surface area contributed by atoms with E-state index >= 15 is 0 Å². The Morgan fingerprint density at radius 1 is 1.00 bits per heavy atom. The molecule has 0 aromatic rings. The lowest BCUT2D eigenvalue weighted by molar-refractivity contribution is 0.109. The maximum atomic E-state index is 3.78. The standard InChI is InChI=1S/C19H38N2/c1-16(2)13-21(18-9-10-18)15-19(14-20-17(3)4)11-7-5-6-8-12-19/h16-18,20H,5-15H2,1-4H3. The van der Waals surface area contributed by atoms with Crippen molar-refractivity contribution in [2.75, 3.05) is 19.6 Å². The Morgan fingerprint density at radius 2 is 1.62 bits per heavy atom. The molecule has 2 nitrogen and oxygen atoms in total. The van der Waals surface area contributed by atoms with E-state index in [2.05, 4.69) is 37.9 Å². The SMILES string of the molecule is CC(C)CN(CC1(CNC(C)C)CCCCCC1)C1CC1. The fourth-order valence-corrected chi connectivity index (χ4v) is 3.97. The number of hydrogen-bond donors (Lipinski definition) is 1. The van der Waals surface area contributed by atoms with Crippen molar-refractivity contribution in [3.05, 3.63) is 0 Å². The summed E-state index contributed by atoms with van der Waals surface area (Å²) in [4.78, 5) is 2.85. The van der Waals surface area contributed by atoms with E-state index in [4.69, 9.17) is 0 Å². The molecule has 1 N–H and O–H groups in total. The van der Waals surface area contributed by atoms with E-state index in [9.17, 15) is 0 Å². The average Bonchev–Trinajstić information content (AvgIpc) is 3.23. The van der Waals surface area contributed by atoms with Crippen LogP contribution in [0.4, 0.5) is 0 Å². The molecule has 124 valence electrons. The molecule has 2 heteroatoms. The highest BCUT2D eigenvalue weighted by molar-refractivity contribution is 4.93. The van der Waals surface area contributed by atoms with Gasteiger partial charge in [-0.05, 0) is 37.0 Å². The maximum absolute atomic E-state index is 3.78. The van der Waals surface area contributed by atoms with E-state index in [1.807, 2.05) is 0 Å². The van der Waals surface area contributed by atoms with Crippen LogP contribution in [-0.4, -0.2) is 36.6 Å². The number of nitrogens with one attached hydrogen (secondary N) is 1. The van der Waals surface area contributed by atoms with Crippen LogP contribution in [0.5, 0.6) is 0 Å². The first-order valence-electron chi connectivity index (χ1n) is 9.48. The maximum Gasteiger partial charge on any atom is 0.00967 e. The molecule has 0 unspecified atom stereocenters. The minimum atomic E-state index is 0.540. The summed E-state index contributed by atoms with van der Waals surface area (Å²) in [5, 5.41) is 3.78. The third kappa shape index (κ3) is 5.90. The molecule has 2 fully saturated rings. The van der Waals surface area contributed by atoms with Crippen LogP contribution in [0, 0.1) is 11.3 Å². The van der Waals surface area contributed by atoms with Gasteiger partial charge in [0.25, 0.3) is 0 Å². The summed E-state index contributed by atoms with van der Waals surface area (Å²) < 4.78 is 0. The molecule has 21 heavy (non-hydrogen) atoms. The highest BCUT2D eigenvalue weighted by atomic mass is 15.2. The monoisotopic (exact) mass is 294 g/mol. The fourth-order valence-electron chi connectivity index (χ4n) is 3.97. The van der Waals surface area contributed by atoms with E-state index in [0.717, 1.165) is 12.0 Å². The van der Waals surface area contributed by atoms with E-state index in [0.29, 0.717) is 11.5 Å². The van der Waals surface area contributed by atoms with E-state index in [1.165, 1.54) is 71.0 Å². The van der Waals surface area contributed by atoms with Gasteiger partial charge in [0.1, 0.15) is 0 Å². The third-order valence-electron chi connectivity index (χ3n) is 5.25. The summed E-state index contributed by atoms with van der Waals surface area (Å²) in [6, 6.07) is 1.52. The van der Waals surface area contributed by atoms with Gasteiger partial charge < -0.3 is 5.32 Å². The van der Waals surface area contributed by atoms with Crippen molar-refractivity contribution >= 4 is 0 Å². The molecule has 0 spiro atoms. The van der Waals surface area contributed by atoms with Gasteiger partial charge in [-0.2, -0.15) is 0 Å². The minimum absolute atomic E-state index is 0.540. The summed E-state index contributed by atoms with van der Waals surface area (Å²) in [6.45, 7) is 13.2. The Labute approximate surface area is 133 Å². The van der Waals surface area contributed by atoms with E-state index in [-0.39, 0.29) is 0 Å². The van der Waals surface area contributed by atoms with Crippen molar-refractivity contribution < 1.29 is 0 Å². The zero-order chi connectivity index (χ0) is 15.3. The third-order valence-corrected chi connectivity index (χ3v) is 5.25. The highest BCUT2D eigenvalue weighted by Gasteiger charge is 2.38. The molecule has 0 saturated heterocycles. The van der Waals surface area contributed by atoms with Crippen LogP contribution in [0.1, 0.15) is 79.1 Å². The minimum Gasteiger partial charge on any atom is -0.314 e. The molecule has 0 bridgehead atoms. The van der Waals surface area contributed by atoms with Gasteiger partial charge in [0.15, 0.2) is 0 Å². The summed E-state index contributed by atoms with van der Waals surface area (Å²) in [5.74, 6) is 0.798. The first kappa shape index (κ1) is 17.3. The molecule has 2 aliphatic rings. The van der Waals surface area contributed by atoms with Crippen LogP contribution in [0.2, 0.25) is 0 Å². The van der Waals surface area contributed by atoms with Gasteiger partial charge in [-0.1, -0.05) is 53.4 Å². The fraction of sp³-hybridized carbons (Fsp3) is 1.00. The molecule has 0 aromatic heterocycles. The quantitative estimate of drug-likeness (QED) is 0.666. The zero-order valence-corrected chi connectivity index (χ0v) is 15.0. The van der Waals surface area contributed by atoms with Gasteiger partial charge >= 0.3 is 0 Å². The molecule has 0 aromatic carbocycles. The molecule has 0 aliphatic heterocycles. The van der Waals surface area contributed by atoms with Gasteiger partial charge in [0.2, 0.25) is 0 Å². The summed E-state index contributed by atoms with van der Waals surface area (Å²) in [5.41, 5.74) is 0.540. The number of rotatable bonds is 8. The Bertz CT molecular complexity index is 286. The molecule has 0 atom stereocenters. The molecule has 2 saturated carbocycles.